The van der Waals surface area contributed by atoms with E-state index in [-0.39, 0.29) is 0 Å². The number of para-hydroxylation sites is 1. The van der Waals surface area contributed by atoms with Gasteiger partial charge in [0.1, 0.15) is 17.9 Å². The van der Waals surface area contributed by atoms with Gasteiger partial charge < -0.3 is 24.7 Å². The van der Waals surface area contributed by atoms with Crippen LogP contribution in [0.3, 0.4) is 0 Å². The fraction of sp³-hybridized carbons (Fsp3) is 0.571. The van der Waals surface area contributed by atoms with Gasteiger partial charge in [0.25, 0.3) is 0 Å². The van der Waals surface area contributed by atoms with Crippen molar-refractivity contribution in [2.24, 2.45) is 10.9 Å². The van der Waals surface area contributed by atoms with Crippen molar-refractivity contribution in [3.63, 3.8) is 0 Å². The first-order chi connectivity index (χ1) is 14.3. The molecule has 1 atom stereocenters. The summed E-state index contributed by atoms with van der Waals surface area (Å²) in [6.45, 7) is 6.85. The van der Waals surface area contributed by atoms with Crippen LogP contribution in [0.15, 0.2) is 35.6 Å². The van der Waals surface area contributed by atoms with Gasteiger partial charge in [0.2, 0.25) is 0 Å². The Kier molecular flexibility index (Phi) is 8.30. The lowest BCUT2D eigenvalue weighted by molar-refractivity contribution is 0.187. The van der Waals surface area contributed by atoms with E-state index in [1.807, 2.05) is 18.2 Å². The Morgan fingerprint density at radius 3 is 2.97 bits per heavy atom. The molecule has 0 bridgehead atoms. The molecule has 29 heavy (non-hydrogen) atoms. The molecule has 0 aliphatic carbocycles. The van der Waals surface area contributed by atoms with Crippen LogP contribution in [0.2, 0.25) is 0 Å². The highest BCUT2D eigenvalue weighted by molar-refractivity contribution is 5.79. The zero-order valence-corrected chi connectivity index (χ0v) is 17.4. The van der Waals surface area contributed by atoms with Crippen molar-refractivity contribution >= 4 is 5.96 Å². The van der Waals surface area contributed by atoms with Crippen LogP contribution in [-0.4, -0.2) is 60.7 Å². The molecule has 1 saturated heterocycles. The van der Waals surface area contributed by atoms with Gasteiger partial charge in [0.05, 0.1) is 13.7 Å². The lowest BCUT2D eigenvalue weighted by atomic mass is 10.1. The number of nitrogens with zero attached hydrogens (tertiary/aromatic N) is 4. The number of methoxy groups -OCH3 is 1. The number of nitrogens with one attached hydrogen (secondary N) is 2. The molecule has 3 rings (SSSR count). The zero-order valence-electron chi connectivity index (χ0n) is 17.4. The molecular weight excluding hydrogens is 368 g/mol. The Morgan fingerprint density at radius 2 is 2.17 bits per heavy atom. The maximum atomic E-state index is 5.47. The van der Waals surface area contributed by atoms with Crippen LogP contribution in [-0.2, 0) is 24.1 Å². The van der Waals surface area contributed by atoms with Crippen molar-refractivity contribution in [1.29, 1.82) is 0 Å². The average molecular weight is 401 g/mol. The van der Waals surface area contributed by atoms with Crippen LogP contribution < -0.4 is 15.4 Å². The molecule has 2 aromatic rings. The third-order valence-electron chi connectivity index (χ3n) is 5.07. The van der Waals surface area contributed by atoms with Crippen LogP contribution in [0.25, 0.3) is 0 Å². The Morgan fingerprint density at radius 1 is 1.31 bits per heavy atom. The van der Waals surface area contributed by atoms with Crippen LogP contribution in [0.4, 0.5) is 0 Å². The van der Waals surface area contributed by atoms with Crippen molar-refractivity contribution < 1.29 is 9.47 Å². The smallest absolute Gasteiger partial charge is 0.191 e. The second kappa shape index (κ2) is 11.4. The first-order valence-corrected chi connectivity index (χ1v) is 10.4. The largest absolute Gasteiger partial charge is 0.496 e. The van der Waals surface area contributed by atoms with E-state index in [0.717, 1.165) is 76.2 Å². The van der Waals surface area contributed by atoms with Gasteiger partial charge in [-0.3, -0.25) is 4.99 Å². The minimum Gasteiger partial charge on any atom is -0.496 e. The molecule has 0 amide bonds. The van der Waals surface area contributed by atoms with Gasteiger partial charge >= 0.3 is 0 Å². The molecule has 1 unspecified atom stereocenters. The number of hydrogen-bond acceptors (Lipinski definition) is 5. The summed E-state index contributed by atoms with van der Waals surface area (Å²) in [5, 5.41) is 15.0. The number of guanidine groups is 1. The second-order valence-electron chi connectivity index (χ2n) is 7.13. The number of rotatable bonds is 10. The lowest BCUT2D eigenvalue weighted by Crippen LogP contribution is -2.40. The summed E-state index contributed by atoms with van der Waals surface area (Å²) in [4.78, 5) is 4.78. The highest BCUT2D eigenvalue weighted by Crippen LogP contribution is 2.17. The Hall–Kier alpha value is -2.61. The van der Waals surface area contributed by atoms with E-state index in [4.69, 9.17) is 14.5 Å². The van der Waals surface area contributed by atoms with Crippen LogP contribution in [0.1, 0.15) is 24.7 Å². The fourth-order valence-electron chi connectivity index (χ4n) is 3.38. The quantitative estimate of drug-likeness (QED) is 0.466. The predicted molar refractivity (Wildman–Crippen MR) is 113 cm³/mol. The highest BCUT2D eigenvalue weighted by atomic mass is 16.5. The molecule has 1 aromatic carbocycles. The number of aliphatic imine (C=N–C) groups is 1. The Labute approximate surface area is 172 Å². The van der Waals surface area contributed by atoms with Crippen molar-refractivity contribution in [3.05, 3.63) is 42.0 Å². The molecule has 158 valence electrons. The molecule has 8 nitrogen and oxygen atoms in total. The minimum absolute atomic E-state index is 0.507. The summed E-state index contributed by atoms with van der Waals surface area (Å²) in [6, 6.07) is 8.12. The van der Waals surface area contributed by atoms with Gasteiger partial charge in [0.15, 0.2) is 5.96 Å². The standard InChI is InChI=1S/C21H32N6O2/c1-3-20-26-25-16-27(20)12-11-23-21(24-14-17-9-13-29-15-17)22-10-8-18-6-4-5-7-19(18)28-2/h4-7,16-17H,3,8-15H2,1-2H3,(H2,22,23,24). The Balaban J connectivity index is 1.53. The number of benzene rings is 1. The number of aryl methyl sites for hydroxylation is 1. The molecule has 0 saturated carbocycles. The predicted octanol–water partition coefficient (Wildman–Crippen LogP) is 1.66. The van der Waals surface area contributed by atoms with E-state index in [1.165, 1.54) is 5.56 Å². The monoisotopic (exact) mass is 400 g/mol. The van der Waals surface area contributed by atoms with Gasteiger partial charge in [-0.1, -0.05) is 25.1 Å². The molecule has 1 fully saturated rings. The molecule has 2 heterocycles. The van der Waals surface area contributed by atoms with Crippen LogP contribution in [0, 0.1) is 5.92 Å². The van der Waals surface area contributed by atoms with Gasteiger partial charge in [-0.15, -0.1) is 10.2 Å². The first kappa shape index (κ1) is 21.1. The molecule has 1 aliphatic rings. The SMILES string of the molecule is CCc1nncn1CCNC(=NCC1CCOC1)NCCc1ccccc1OC. The molecule has 8 heteroatoms. The average Bonchev–Trinajstić information content (AvgIpc) is 3.43. The molecular formula is C21H32N6O2. The zero-order chi connectivity index (χ0) is 20.3. The summed E-state index contributed by atoms with van der Waals surface area (Å²) >= 11 is 0. The first-order valence-electron chi connectivity index (χ1n) is 10.4. The number of hydrogen-bond donors (Lipinski definition) is 2. The molecule has 1 aromatic heterocycles. The second-order valence-corrected chi connectivity index (χ2v) is 7.13. The van der Waals surface area contributed by atoms with Gasteiger partial charge in [-0.05, 0) is 24.5 Å². The maximum absolute atomic E-state index is 5.47. The van der Waals surface area contributed by atoms with Crippen molar-refractivity contribution in [3.8, 4) is 5.75 Å². The van der Waals surface area contributed by atoms with Gasteiger partial charge in [-0.2, -0.15) is 0 Å². The summed E-state index contributed by atoms with van der Waals surface area (Å²) in [6.07, 6.45) is 4.60. The fourth-order valence-corrected chi connectivity index (χ4v) is 3.38. The van der Waals surface area contributed by atoms with E-state index < -0.39 is 0 Å². The van der Waals surface area contributed by atoms with Crippen molar-refractivity contribution in [2.45, 2.75) is 32.7 Å². The summed E-state index contributed by atoms with van der Waals surface area (Å²) in [5.41, 5.74) is 1.18. The molecule has 2 N–H and O–H groups in total. The third kappa shape index (κ3) is 6.45. The molecule has 0 radical (unpaired) electrons. The van der Waals surface area contributed by atoms with E-state index in [0.29, 0.717) is 5.92 Å². The van der Waals surface area contributed by atoms with Gasteiger partial charge in [0, 0.05) is 45.1 Å². The molecule has 1 aliphatic heterocycles. The topological polar surface area (TPSA) is 85.6 Å². The van der Waals surface area contributed by atoms with E-state index in [1.54, 1.807) is 13.4 Å². The Bertz CT molecular complexity index is 770. The minimum atomic E-state index is 0.507. The maximum Gasteiger partial charge on any atom is 0.191 e. The number of ether oxygens (including phenoxy) is 2. The lowest BCUT2D eigenvalue weighted by Gasteiger charge is -2.15. The third-order valence-corrected chi connectivity index (χ3v) is 5.07. The summed E-state index contributed by atoms with van der Waals surface area (Å²) in [5.74, 6) is 3.26. The van der Waals surface area contributed by atoms with Crippen molar-refractivity contribution in [1.82, 2.24) is 25.4 Å². The summed E-state index contributed by atoms with van der Waals surface area (Å²) in [7, 11) is 1.71. The van der Waals surface area contributed by atoms with E-state index >= 15 is 0 Å². The van der Waals surface area contributed by atoms with E-state index in [9.17, 15) is 0 Å². The molecule has 0 spiro atoms. The van der Waals surface area contributed by atoms with Crippen molar-refractivity contribution in [2.75, 3.05) is 40.0 Å². The van der Waals surface area contributed by atoms with E-state index in [2.05, 4.69) is 38.4 Å². The summed E-state index contributed by atoms with van der Waals surface area (Å²) < 4.78 is 13.0. The number of aromatic nitrogens is 3. The normalized spacial score (nSPS) is 16.8. The van der Waals surface area contributed by atoms with Crippen LogP contribution >= 0.6 is 0 Å². The van der Waals surface area contributed by atoms with Crippen LogP contribution in [0.5, 0.6) is 5.75 Å². The highest BCUT2D eigenvalue weighted by Gasteiger charge is 2.15. The van der Waals surface area contributed by atoms with Gasteiger partial charge in [-0.25, -0.2) is 0 Å².